The molecule has 0 heterocycles. The van der Waals surface area contributed by atoms with Gasteiger partial charge in [-0.3, -0.25) is 0 Å². The van der Waals surface area contributed by atoms with Crippen molar-refractivity contribution >= 4 is 43.9 Å². The van der Waals surface area contributed by atoms with E-state index >= 15 is 0 Å². The van der Waals surface area contributed by atoms with Crippen molar-refractivity contribution in [2.75, 3.05) is 33.4 Å². The minimum absolute atomic E-state index is 0. The Hall–Kier alpha value is -5.10. The first-order valence-corrected chi connectivity index (χ1v) is 25.8. The molecule has 0 aliphatic heterocycles. The number of ether oxygens (including phenoxy) is 5. The third kappa shape index (κ3) is 28.4. The van der Waals surface area contributed by atoms with Crippen molar-refractivity contribution in [3.05, 3.63) is 80.5 Å². The standard InChI is InChI=1S/C17H24N4O5.C16H22N4O5.3CH3.H2O.Sn/c1-17(2,3)26-16(23)20-14(15(22)24-4)11-12-5-7-13(8-6-12)25-10-9-19-21-18;1-16(2,3)25-15(23)19-13(14(21)22)10-11-4-6-12(7-5-11)24-9-8-18-20-17;;;;;/h5-8,14H,9-11H2,1-4H3,(H,20,23);4-7,13H,8-10H2,1-3H3,(H,19,23)(H,21,22);3*1H3;1H2;. The van der Waals surface area contributed by atoms with E-state index in [1.807, 2.05) is 0 Å². The van der Waals surface area contributed by atoms with Gasteiger partial charge in [0.25, 0.3) is 0 Å². The topological polar surface area (TPSA) is 288 Å². The Morgan fingerprint density at radius 2 is 1.05 bits per heavy atom. The fraction of sp³-hybridized carbons (Fsp3) is 0.556. The molecule has 2 aromatic rings. The summed E-state index contributed by atoms with van der Waals surface area (Å²) in [6.07, 6.45) is -1.12. The van der Waals surface area contributed by atoms with E-state index < -0.39 is 67.2 Å². The number of hydrogen-bond donors (Lipinski definition) is 3. The molecule has 2 unspecified atom stereocenters. The van der Waals surface area contributed by atoms with Crippen LogP contribution in [0.4, 0.5) is 9.59 Å². The molecule has 0 bridgehead atoms. The number of hydrogen-bond acceptors (Lipinski definition) is 11. The maximum atomic E-state index is 11.9. The molecule has 2 rings (SSSR count). The number of carboxylic acid groups (broad SMARTS) is 1. The van der Waals surface area contributed by atoms with E-state index in [4.69, 9.17) is 34.7 Å². The molecule has 311 valence electrons. The van der Waals surface area contributed by atoms with Gasteiger partial charge in [-0.2, -0.15) is 0 Å². The predicted octanol–water partition coefficient (Wildman–Crippen LogP) is 6.43. The SMILES string of the molecule is CC(C)(C)OC(=O)NC(Cc1ccc(OCCN=[N+]=[N-])cc1)C(=O)O.COC(=O)C(Cc1ccc(OCCN=[N+]=[N-])cc1)NC(=O)OC(C)(C)C.O.[CH3][Sn]([CH3])[CH3]. The Morgan fingerprint density at radius 3 is 1.36 bits per heavy atom. The Bertz CT molecular complexity index is 1570. The summed E-state index contributed by atoms with van der Waals surface area (Å²) in [7, 11) is 1.26. The van der Waals surface area contributed by atoms with Crippen LogP contribution in [0.2, 0.25) is 14.8 Å². The fourth-order valence-corrected chi connectivity index (χ4v) is 3.85. The van der Waals surface area contributed by atoms with Crippen molar-refractivity contribution in [1.82, 2.24) is 10.6 Å². The van der Waals surface area contributed by atoms with Crippen LogP contribution in [0, 0.1) is 0 Å². The third-order valence-electron chi connectivity index (χ3n) is 5.94. The molecule has 0 fully saturated rings. The van der Waals surface area contributed by atoms with E-state index in [0.717, 1.165) is 5.56 Å². The van der Waals surface area contributed by atoms with E-state index in [1.54, 1.807) is 90.1 Å². The summed E-state index contributed by atoms with van der Waals surface area (Å²) < 4.78 is 25.8. The van der Waals surface area contributed by atoms with Gasteiger partial charge in [0.05, 0.1) is 33.4 Å². The van der Waals surface area contributed by atoms with Gasteiger partial charge in [-0.25, -0.2) is 19.2 Å². The molecule has 0 saturated heterocycles. The fourth-order valence-electron chi connectivity index (χ4n) is 3.85. The zero-order valence-electron chi connectivity index (χ0n) is 33.8. The second-order valence-corrected chi connectivity index (χ2v) is 22.6. The van der Waals surface area contributed by atoms with Gasteiger partial charge in [0.1, 0.15) is 34.8 Å². The molecule has 0 aromatic heterocycles. The Labute approximate surface area is 335 Å². The van der Waals surface area contributed by atoms with Crippen molar-refractivity contribution in [1.29, 1.82) is 0 Å². The molecule has 0 saturated carbocycles. The number of nitrogens with zero attached hydrogens (tertiary/aromatic N) is 6. The first kappa shape index (κ1) is 53.0. The first-order valence-electron chi connectivity index (χ1n) is 17.2. The molecule has 0 aliphatic carbocycles. The van der Waals surface area contributed by atoms with Crippen LogP contribution in [0.3, 0.4) is 0 Å². The predicted molar refractivity (Wildman–Crippen MR) is 212 cm³/mol. The summed E-state index contributed by atoms with van der Waals surface area (Å²) >= 11 is -0.543. The van der Waals surface area contributed by atoms with E-state index in [2.05, 4.69) is 45.5 Å². The molecular formula is C36H57N8O11Sn. The Kier molecular flexibility index (Phi) is 26.8. The maximum absolute atomic E-state index is 11.9. The van der Waals surface area contributed by atoms with Crippen molar-refractivity contribution in [3.63, 3.8) is 0 Å². The number of azide groups is 2. The summed E-state index contributed by atoms with van der Waals surface area (Å²) in [4.78, 5) is 59.3. The van der Waals surface area contributed by atoms with Gasteiger partial charge in [0.15, 0.2) is 0 Å². The number of amides is 2. The molecule has 2 atom stereocenters. The zero-order valence-corrected chi connectivity index (χ0v) is 36.7. The van der Waals surface area contributed by atoms with Gasteiger partial charge < -0.3 is 44.9 Å². The molecule has 20 heteroatoms. The molecule has 0 spiro atoms. The first-order chi connectivity index (χ1) is 25.7. The molecule has 5 N–H and O–H groups in total. The number of alkyl carbamates (subject to hydrolysis) is 2. The number of carbonyl (C=O) groups is 4. The number of esters is 1. The average molecular weight is 897 g/mol. The Balaban J connectivity index is 0. The van der Waals surface area contributed by atoms with Crippen molar-refractivity contribution in [2.45, 2.75) is 92.5 Å². The van der Waals surface area contributed by atoms with Crippen molar-refractivity contribution in [2.24, 2.45) is 10.2 Å². The van der Waals surface area contributed by atoms with Crippen LogP contribution in [0.5, 0.6) is 11.5 Å². The number of rotatable bonds is 16. The second-order valence-electron chi connectivity index (χ2n) is 14.1. The molecule has 19 nitrogen and oxygen atoms in total. The van der Waals surface area contributed by atoms with Crippen LogP contribution >= 0.6 is 0 Å². The second kappa shape index (κ2) is 28.3. The molecule has 0 aliphatic rings. The van der Waals surface area contributed by atoms with Crippen molar-refractivity contribution in [3.8, 4) is 11.5 Å². The van der Waals surface area contributed by atoms with Crippen LogP contribution in [-0.4, -0.2) is 111 Å². The number of carbonyl (C=O) groups excluding carboxylic acids is 3. The minimum atomic E-state index is -1.15. The van der Waals surface area contributed by atoms with Gasteiger partial charge >= 0.3 is 58.7 Å². The number of carboxylic acids is 1. The molecule has 2 amide bonds. The zero-order chi connectivity index (χ0) is 42.0. The van der Waals surface area contributed by atoms with Crippen LogP contribution in [0.25, 0.3) is 20.9 Å². The van der Waals surface area contributed by atoms with Gasteiger partial charge in [-0.1, -0.05) is 34.5 Å². The quantitative estimate of drug-likeness (QED) is 0.0316. The van der Waals surface area contributed by atoms with E-state index in [9.17, 15) is 24.3 Å². The number of methoxy groups -OCH3 is 1. The van der Waals surface area contributed by atoms with E-state index in [0.29, 0.717) is 17.1 Å². The van der Waals surface area contributed by atoms with Gasteiger partial charge in [0, 0.05) is 22.7 Å². The number of benzene rings is 2. The van der Waals surface area contributed by atoms with Crippen LogP contribution in [0.15, 0.2) is 58.8 Å². The van der Waals surface area contributed by atoms with Gasteiger partial charge in [0.2, 0.25) is 0 Å². The van der Waals surface area contributed by atoms with Gasteiger partial charge in [-0.15, -0.1) is 0 Å². The molecule has 2 aromatic carbocycles. The molecule has 56 heavy (non-hydrogen) atoms. The monoisotopic (exact) mass is 897 g/mol. The third-order valence-corrected chi connectivity index (χ3v) is 5.94. The van der Waals surface area contributed by atoms with Crippen LogP contribution < -0.4 is 20.1 Å². The van der Waals surface area contributed by atoms with Gasteiger partial charge in [-0.05, 0) is 88.0 Å². The number of nitrogens with one attached hydrogen (secondary N) is 2. The average Bonchev–Trinajstić information content (AvgIpc) is 3.07. The summed E-state index contributed by atoms with van der Waals surface area (Å²) in [5.74, 6) is -0.536. The normalized spacial score (nSPS) is 11.3. The summed E-state index contributed by atoms with van der Waals surface area (Å²) in [5, 5.41) is 20.9. The van der Waals surface area contributed by atoms with E-state index in [1.165, 1.54) is 7.11 Å². The molecule has 1 radical (unpaired) electrons. The molecular weight excluding hydrogens is 839 g/mol. The summed E-state index contributed by atoms with van der Waals surface area (Å²) in [6, 6.07) is 11.8. The Morgan fingerprint density at radius 1 is 0.714 bits per heavy atom. The number of aliphatic carboxylic acids is 1. The van der Waals surface area contributed by atoms with Crippen LogP contribution in [0.1, 0.15) is 52.7 Å². The van der Waals surface area contributed by atoms with Crippen LogP contribution in [-0.2, 0) is 36.6 Å². The van der Waals surface area contributed by atoms with Crippen molar-refractivity contribution < 1.29 is 53.4 Å². The summed E-state index contributed by atoms with van der Waals surface area (Å²) in [5.41, 5.74) is 16.5. The van der Waals surface area contributed by atoms with E-state index in [-0.39, 0.29) is 44.6 Å². The summed E-state index contributed by atoms with van der Waals surface area (Å²) in [6.45, 7) is 11.3.